The average molecular weight is 387 g/mol. The van der Waals surface area contributed by atoms with Gasteiger partial charge in [-0.3, -0.25) is 4.79 Å². The molecule has 7 nitrogen and oxygen atoms in total. The number of carbonyl (C=O) groups is 1. The van der Waals surface area contributed by atoms with Gasteiger partial charge >= 0.3 is 0 Å². The summed E-state index contributed by atoms with van der Waals surface area (Å²) in [5.74, 6) is 1.10. The van der Waals surface area contributed by atoms with Crippen molar-refractivity contribution in [1.82, 2.24) is 20.5 Å². The summed E-state index contributed by atoms with van der Waals surface area (Å²) in [6.07, 6.45) is 2.72. The standard InChI is InChI=1S/C22H21N5O2/c1-29-17-8-6-16(7-9-17)25-21-11-10-20(26-27-21)22(28)23-13-12-15-14-24-19-5-3-2-4-18(15)19/h2-11,14,24H,12-13H2,1H3,(H,23,28)(H,25,27). The van der Waals surface area contributed by atoms with Gasteiger partial charge in [0.1, 0.15) is 5.75 Å². The smallest absolute Gasteiger partial charge is 0.271 e. The molecule has 0 aliphatic rings. The van der Waals surface area contributed by atoms with E-state index in [9.17, 15) is 4.79 Å². The fraction of sp³-hybridized carbons (Fsp3) is 0.136. The molecule has 146 valence electrons. The van der Waals surface area contributed by atoms with Crippen molar-refractivity contribution < 1.29 is 9.53 Å². The van der Waals surface area contributed by atoms with E-state index in [1.54, 1.807) is 19.2 Å². The van der Waals surface area contributed by atoms with Crippen LogP contribution in [0, 0.1) is 0 Å². The molecule has 4 aromatic rings. The van der Waals surface area contributed by atoms with Crippen molar-refractivity contribution in [2.24, 2.45) is 0 Å². The van der Waals surface area contributed by atoms with Crippen LogP contribution in [-0.4, -0.2) is 34.7 Å². The molecule has 2 aromatic heterocycles. The third kappa shape index (κ3) is 4.35. The van der Waals surface area contributed by atoms with Crippen molar-refractivity contribution in [2.45, 2.75) is 6.42 Å². The summed E-state index contributed by atoms with van der Waals surface area (Å²) in [4.78, 5) is 15.6. The number of para-hydroxylation sites is 1. The fourth-order valence-electron chi connectivity index (χ4n) is 3.08. The van der Waals surface area contributed by atoms with Crippen molar-refractivity contribution >= 4 is 28.3 Å². The van der Waals surface area contributed by atoms with Gasteiger partial charge in [0.05, 0.1) is 7.11 Å². The van der Waals surface area contributed by atoms with Crippen LogP contribution in [0.2, 0.25) is 0 Å². The molecule has 0 aliphatic heterocycles. The first-order valence-corrected chi connectivity index (χ1v) is 9.31. The second-order valence-electron chi connectivity index (χ2n) is 6.52. The maximum atomic E-state index is 12.3. The minimum absolute atomic E-state index is 0.242. The number of benzene rings is 2. The summed E-state index contributed by atoms with van der Waals surface area (Å²) in [5.41, 5.74) is 3.41. The van der Waals surface area contributed by atoms with Crippen LogP contribution in [-0.2, 0) is 6.42 Å². The zero-order chi connectivity index (χ0) is 20.1. The number of rotatable bonds is 7. The summed E-state index contributed by atoms with van der Waals surface area (Å²) in [7, 11) is 1.62. The van der Waals surface area contributed by atoms with E-state index in [2.05, 4.69) is 31.9 Å². The molecule has 4 rings (SSSR count). The average Bonchev–Trinajstić information content (AvgIpc) is 3.18. The first-order valence-electron chi connectivity index (χ1n) is 9.31. The minimum atomic E-state index is -0.242. The summed E-state index contributed by atoms with van der Waals surface area (Å²) in [6, 6.07) is 19.0. The van der Waals surface area contributed by atoms with Gasteiger partial charge in [-0.2, -0.15) is 0 Å². The number of aromatic nitrogens is 3. The van der Waals surface area contributed by atoms with E-state index in [1.165, 1.54) is 10.9 Å². The highest BCUT2D eigenvalue weighted by atomic mass is 16.5. The van der Waals surface area contributed by atoms with E-state index in [-0.39, 0.29) is 11.6 Å². The number of amides is 1. The topological polar surface area (TPSA) is 91.9 Å². The number of nitrogens with one attached hydrogen (secondary N) is 3. The molecule has 0 fully saturated rings. The number of aromatic amines is 1. The second-order valence-corrected chi connectivity index (χ2v) is 6.52. The highest BCUT2D eigenvalue weighted by molar-refractivity contribution is 5.92. The van der Waals surface area contributed by atoms with Gasteiger partial charge in [0.2, 0.25) is 0 Å². The lowest BCUT2D eigenvalue weighted by molar-refractivity contribution is 0.0948. The number of carbonyl (C=O) groups excluding carboxylic acids is 1. The SMILES string of the molecule is COc1ccc(Nc2ccc(C(=O)NCCc3c[nH]c4ccccc34)nn2)cc1. The molecule has 2 heterocycles. The van der Waals surface area contributed by atoms with Crippen LogP contribution in [0.15, 0.2) is 66.9 Å². The van der Waals surface area contributed by atoms with Crippen LogP contribution in [0.3, 0.4) is 0 Å². The van der Waals surface area contributed by atoms with Crippen molar-refractivity contribution in [3.63, 3.8) is 0 Å². The molecule has 0 saturated carbocycles. The number of anilines is 2. The maximum absolute atomic E-state index is 12.3. The number of hydrogen-bond donors (Lipinski definition) is 3. The molecule has 3 N–H and O–H groups in total. The zero-order valence-corrected chi connectivity index (χ0v) is 16.0. The fourth-order valence-corrected chi connectivity index (χ4v) is 3.08. The predicted octanol–water partition coefficient (Wildman–Crippen LogP) is 3.68. The number of fused-ring (bicyclic) bond motifs is 1. The van der Waals surface area contributed by atoms with Crippen molar-refractivity contribution in [2.75, 3.05) is 19.0 Å². The molecule has 0 atom stereocenters. The number of hydrogen-bond acceptors (Lipinski definition) is 5. The van der Waals surface area contributed by atoms with E-state index < -0.39 is 0 Å². The predicted molar refractivity (Wildman–Crippen MR) is 113 cm³/mol. The number of methoxy groups -OCH3 is 1. The van der Waals surface area contributed by atoms with Gasteiger partial charge in [0, 0.05) is 29.3 Å². The van der Waals surface area contributed by atoms with Crippen molar-refractivity contribution in [3.8, 4) is 5.75 Å². The van der Waals surface area contributed by atoms with Crippen molar-refractivity contribution in [1.29, 1.82) is 0 Å². The summed E-state index contributed by atoms with van der Waals surface area (Å²) < 4.78 is 5.14. The van der Waals surface area contributed by atoms with Gasteiger partial charge in [0.15, 0.2) is 11.5 Å². The van der Waals surface area contributed by atoms with E-state index in [4.69, 9.17) is 4.74 Å². The van der Waals surface area contributed by atoms with Crippen LogP contribution < -0.4 is 15.4 Å². The van der Waals surface area contributed by atoms with Crippen LogP contribution >= 0.6 is 0 Å². The Bertz CT molecular complexity index is 1100. The Hall–Kier alpha value is -3.87. The van der Waals surface area contributed by atoms with Gasteiger partial charge in [0.25, 0.3) is 5.91 Å². The van der Waals surface area contributed by atoms with Crippen molar-refractivity contribution in [3.05, 3.63) is 78.1 Å². The van der Waals surface area contributed by atoms with E-state index in [0.29, 0.717) is 12.4 Å². The number of nitrogens with zero attached hydrogens (tertiary/aromatic N) is 2. The molecular formula is C22H21N5O2. The highest BCUT2D eigenvalue weighted by Crippen LogP contribution is 2.19. The normalized spacial score (nSPS) is 10.7. The number of ether oxygens (including phenoxy) is 1. The lowest BCUT2D eigenvalue weighted by Gasteiger charge is -2.07. The lowest BCUT2D eigenvalue weighted by Crippen LogP contribution is -2.26. The third-order valence-corrected chi connectivity index (χ3v) is 4.61. The molecule has 2 aromatic carbocycles. The van der Waals surface area contributed by atoms with E-state index in [1.807, 2.05) is 48.7 Å². The molecule has 0 aliphatic carbocycles. The molecular weight excluding hydrogens is 366 g/mol. The highest BCUT2D eigenvalue weighted by Gasteiger charge is 2.09. The summed E-state index contributed by atoms with van der Waals surface area (Å²) in [5, 5.41) is 15.3. The largest absolute Gasteiger partial charge is 0.497 e. The molecule has 0 unspecified atom stereocenters. The van der Waals surface area contributed by atoms with Gasteiger partial charge < -0.3 is 20.4 Å². The summed E-state index contributed by atoms with van der Waals surface area (Å²) in [6.45, 7) is 0.522. The Kier molecular flexibility index (Phi) is 5.38. The van der Waals surface area contributed by atoms with Crippen LogP contribution in [0.25, 0.3) is 10.9 Å². The Balaban J connectivity index is 1.31. The molecule has 0 bridgehead atoms. The van der Waals surface area contributed by atoms with E-state index in [0.717, 1.165) is 23.4 Å². The summed E-state index contributed by atoms with van der Waals surface area (Å²) >= 11 is 0. The Labute approximate surface area is 168 Å². The molecule has 29 heavy (non-hydrogen) atoms. The molecule has 0 spiro atoms. The Morgan fingerprint density at radius 2 is 1.86 bits per heavy atom. The second kappa shape index (κ2) is 8.43. The first kappa shape index (κ1) is 18.5. The van der Waals surface area contributed by atoms with Gasteiger partial charge in [-0.1, -0.05) is 18.2 Å². The molecule has 0 saturated heterocycles. The van der Waals surface area contributed by atoms with Gasteiger partial charge in [-0.15, -0.1) is 10.2 Å². The lowest BCUT2D eigenvalue weighted by atomic mass is 10.1. The molecule has 0 radical (unpaired) electrons. The van der Waals surface area contributed by atoms with Crippen LogP contribution in [0.4, 0.5) is 11.5 Å². The molecule has 7 heteroatoms. The van der Waals surface area contributed by atoms with Crippen LogP contribution in [0.1, 0.15) is 16.1 Å². The first-order chi connectivity index (χ1) is 14.2. The Morgan fingerprint density at radius 3 is 2.62 bits per heavy atom. The maximum Gasteiger partial charge on any atom is 0.271 e. The number of H-pyrrole nitrogens is 1. The van der Waals surface area contributed by atoms with Gasteiger partial charge in [-0.05, 0) is 54.4 Å². The monoisotopic (exact) mass is 387 g/mol. The third-order valence-electron chi connectivity index (χ3n) is 4.61. The van der Waals surface area contributed by atoms with Crippen LogP contribution in [0.5, 0.6) is 5.75 Å². The zero-order valence-electron chi connectivity index (χ0n) is 16.0. The quantitative estimate of drug-likeness (QED) is 0.450. The van der Waals surface area contributed by atoms with E-state index >= 15 is 0 Å². The van der Waals surface area contributed by atoms with Gasteiger partial charge in [-0.25, -0.2) is 0 Å². The minimum Gasteiger partial charge on any atom is -0.497 e. The molecule has 1 amide bonds. The Morgan fingerprint density at radius 1 is 1.03 bits per heavy atom.